The summed E-state index contributed by atoms with van der Waals surface area (Å²) in [6.07, 6.45) is 0. The van der Waals surface area contributed by atoms with E-state index in [2.05, 4.69) is 4.72 Å². The molecule has 0 saturated carbocycles. The Bertz CT molecular complexity index is 604. The summed E-state index contributed by atoms with van der Waals surface area (Å²) in [7, 11) is -3.97. The van der Waals surface area contributed by atoms with Crippen LogP contribution in [0.1, 0.15) is 18.1 Å². The van der Waals surface area contributed by atoms with Crippen LogP contribution in [0.3, 0.4) is 0 Å². The van der Waals surface area contributed by atoms with Gasteiger partial charge in [-0.3, -0.25) is 10.1 Å². The summed E-state index contributed by atoms with van der Waals surface area (Å²) < 4.78 is 26.8. The summed E-state index contributed by atoms with van der Waals surface area (Å²) in [6.45, 7) is 4.73. The number of rotatable bonds is 5. The van der Waals surface area contributed by atoms with E-state index >= 15 is 0 Å². The van der Waals surface area contributed by atoms with Gasteiger partial charge in [-0.15, -0.1) is 12.4 Å². The number of nitro benzene ring substituents is 1. The highest BCUT2D eigenvalue weighted by Crippen LogP contribution is 2.30. The van der Waals surface area contributed by atoms with Crippen LogP contribution in [0.2, 0.25) is 0 Å². The van der Waals surface area contributed by atoms with Crippen molar-refractivity contribution in [3.05, 3.63) is 33.4 Å². The van der Waals surface area contributed by atoms with Crippen LogP contribution in [0.25, 0.3) is 0 Å². The molecule has 3 N–H and O–H groups in total. The molecule has 20 heavy (non-hydrogen) atoms. The minimum Gasteiger partial charge on any atom is -0.329 e. The fraction of sp³-hybridized carbons (Fsp3) is 0.455. The van der Waals surface area contributed by atoms with Gasteiger partial charge in [0, 0.05) is 18.2 Å². The average molecular weight is 324 g/mol. The lowest BCUT2D eigenvalue weighted by Gasteiger charge is -2.14. The Morgan fingerprint density at radius 1 is 1.35 bits per heavy atom. The van der Waals surface area contributed by atoms with Crippen LogP contribution >= 0.6 is 12.4 Å². The SMILES string of the molecule is Cc1ccc(C)c(S(=O)(=O)N[C@@H](C)CN)c1[N+](=O)[O-].Cl. The molecule has 0 radical (unpaired) electrons. The van der Waals surface area contributed by atoms with E-state index in [-0.39, 0.29) is 23.8 Å². The van der Waals surface area contributed by atoms with Crippen molar-refractivity contribution in [2.75, 3.05) is 6.54 Å². The van der Waals surface area contributed by atoms with Crippen molar-refractivity contribution in [1.82, 2.24) is 4.72 Å². The summed E-state index contributed by atoms with van der Waals surface area (Å²) in [5.74, 6) is 0. The van der Waals surface area contributed by atoms with E-state index in [0.717, 1.165) is 0 Å². The molecular weight excluding hydrogens is 306 g/mol. The standard InChI is InChI=1S/C11H17N3O4S.ClH/c1-7-4-5-8(2)11(10(7)14(15)16)19(17,18)13-9(3)6-12;/h4-5,9,13H,6,12H2,1-3H3;1H/t9-;/m0./s1. The van der Waals surface area contributed by atoms with Crippen LogP contribution in [0, 0.1) is 24.0 Å². The first-order valence-electron chi connectivity index (χ1n) is 5.67. The third-order valence-electron chi connectivity index (χ3n) is 2.69. The molecule has 1 rings (SSSR count). The minimum atomic E-state index is -3.97. The molecule has 0 aliphatic rings. The first kappa shape index (κ1) is 18.8. The Kier molecular flexibility index (Phi) is 6.55. The molecule has 1 aromatic rings. The normalized spacial score (nSPS) is 12.6. The lowest BCUT2D eigenvalue weighted by Crippen LogP contribution is -2.38. The number of aryl methyl sites for hydroxylation is 2. The van der Waals surface area contributed by atoms with Crippen LogP contribution < -0.4 is 10.5 Å². The van der Waals surface area contributed by atoms with Crippen molar-refractivity contribution < 1.29 is 13.3 Å². The van der Waals surface area contributed by atoms with Gasteiger partial charge in [-0.1, -0.05) is 12.1 Å². The number of nitrogens with two attached hydrogens (primary N) is 1. The Morgan fingerprint density at radius 3 is 2.30 bits per heavy atom. The van der Waals surface area contributed by atoms with Crippen LogP contribution in [0.15, 0.2) is 17.0 Å². The van der Waals surface area contributed by atoms with Gasteiger partial charge in [-0.2, -0.15) is 0 Å². The van der Waals surface area contributed by atoms with E-state index in [1.807, 2.05) is 0 Å². The third-order valence-corrected chi connectivity index (χ3v) is 4.46. The number of benzene rings is 1. The van der Waals surface area contributed by atoms with Gasteiger partial charge in [-0.05, 0) is 26.3 Å². The predicted molar refractivity (Wildman–Crippen MR) is 78.7 cm³/mol. The average Bonchev–Trinajstić information content (AvgIpc) is 2.30. The van der Waals surface area contributed by atoms with Crippen molar-refractivity contribution in [1.29, 1.82) is 0 Å². The highest BCUT2D eigenvalue weighted by Gasteiger charge is 2.30. The topological polar surface area (TPSA) is 115 Å². The van der Waals surface area contributed by atoms with E-state index in [1.165, 1.54) is 19.9 Å². The van der Waals surface area contributed by atoms with Gasteiger partial charge in [0.05, 0.1) is 4.92 Å². The molecule has 0 fully saturated rings. The second-order valence-electron chi connectivity index (χ2n) is 4.39. The molecule has 1 atom stereocenters. The molecule has 0 aliphatic carbocycles. The highest BCUT2D eigenvalue weighted by atomic mass is 35.5. The van der Waals surface area contributed by atoms with Gasteiger partial charge in [0.25, 0.3) is 5.69 Å². The maximum absolute atomic E-state index is 12.2. The molecule has 0 aliphatic heterocycles. The van der Waals surface area contributed by atoms with Crippen LogP contribution in [-0.4, -0.2) is 25.9 Å². The molecule has 114 valence electrons. The molecule has 9 heteroatoms. The predicted octanol–water partition coefficient (Wildman–Crippen LogP) is 1.26. The lowest BCUT2D eigenvalue weighted by molar-refractivity contribution is -0.388. The molecular formula is C11H18ClN3O4S. The van der Waals surface area contributed by atoms with Crippen molar-refractivity contribution in [3.8, 4) is 0 Å². The number of hydrogen-bond donors (Lipinski definition) is 2. The van der Waals surface area contributed by atoms with E-state index in [0.29, 0.717) is 11.1 Å². The summed E-state index contributed by atoms with van der Waals surface area (Å²) in [6, 6.07) is 2.58. The number of nitrogens with zero attached hydrogens (tertiary/aromatic N) is 1. The molecule has 0 heterocycles. The van der Waals surface area contributed by atoms with Crippen LogP contribution in [0.5, 0.6) is 0 Å². The number of hydrogen-bond acceptors (Lipinski definition) is 5. The van der Waals surface area contributed by atoms with Gasteiger partial charge in [0.2, 0.25) is 10.0 Å². The highest BCUT2D eigenvalue weighted by molar-refractivity contribution is 7.89. The monoisotopic (exact) mass is 323 g/mol. The second-order valence-corrected chi connectivity index (χ2v) is 6.04. The summed E-state index contributed by atoms with van der Waals surface area (Å²) in [4.78, 5) is 10.1. The smallest absolute Gasteiger partial charge is 0.292 e. The molecule has 0 unspecified atom stereocenters. The fourth-order valence-electron chi connectivity index (χ4n) is 1.71. The van der Waals surface area contributed by atoms with Gasteiger partial charge in [0.1, 0.15) is 0 Å². The summed E-state index contributed by atoms with van der Waals surface area (Å²) in [5, 5.41) is 11.1. The minimum absolute atomic E-state index is 0. The maximum Gasteiger partial charge on any atom is 0.292 e. The van der Waals surface area contributed by atoms with E-state index in [1.54, 1.807) is 13.0 Å². The van der Waals surface area contributed by atoms with Crippen LogP contribution in [-0.2, 0) is 10.0 Å². The first-order chi connectivity index (χ1) is 8.70. The number of nitrogens with one attached hydrogen (secondary N) is 1. The van der Waals surface area contributed by atoms with Gasteiger partial charge in [0.15, 0.2) is 4.90 Å². The third kappa shape index (κ3) is 3.89. The quantitative estimate of drug-likeness (QED) is 0.625. The largest absolute Gasteiger partial charge is 0.329 e. The van der Waals surface area contributed by atoms with Gasteiger partial charge in [-0.25, -0.2) is 13.1 Å². The van der Waals surface area contributed by atoms with Crippen molar-refractivity contribution in [2.45, 2.75) is 31.7 Å². The Labute approximate surface area is 124 Å². The Balaban J connectivity index is 0.00000361. The maximum atomic E-state index is 12.2. The van der Waals surface area contributed by atoms with E-state index in [4.69, 9.17) is 5.73 Å². The lowest BCUT2D eigenvalue weighted by atomic mass is 10.1. The molecule has 0 bridgehead atoms. The first-order valence-corrected chi connectivity index (χ1v) is 7.16. The zero-order valence-corrected chi connectivity index (χ0v) is 13.0. The number of nitro groups is 1. The molecule has 0 aromatic heterocycles. The van der Waals surface area contributed by atoms with Crippen LogP contribution in [0.4, 0.5) is 5.69 Å². The van der Waals surface area contributed by atoms with Gasteiger partial charge >= 0.3 is 0 Å². The van der Waals surface area contributed by atoms with Crippen molar-refractivity contribution in [3.63, 3.8) is 0 Å². The van der Waals surface area contributed by atoms with E-state index in [9.17, 15) is 18.5 Å². The zero-order valence-electron chi connectivity index (χ0n) is 11.4. The van der Waals surface area contributed by atoms with Gasteiger partial charge < -0.3 is 5.73 Å². The zero-order chi connectivity index (χ0) is 14.8. The number of sulfonamides is 1. The molecule has 0 amide bonds. The van der Waals surface area contributed by atoms with Crippen molar-refractivity contribution >= 4 is 28.1 Å². The summed E-state index contributed by atoms with van der Waals surface area (Å²) >= 11 is 0. The van der Waals surface area contributed by atoms with E-state index < -0.39 is 26.7 Å². The number of halogens is 1. The molecule has 0 spiro atoms. The fourth-order valence-corrected chi connectivity index (χ4v) is 3.43. The molecule has 0 saturated heterocycles. The Morgan fingerprint density at radius 2 is 1.85 bits per heavy atom. The summed E-state index contributed by atoms with van der Waals surface area (Å²) in [5.41, 5.74) is 5.60. The van der Waals surface area contributed by atoms with Crippen molar-refractivity contribution in [2.24, 2.45) is 5.73 Å². The molecule has 7 nitrogen and oxygen atoms in total. The Hall–Kier alpha value is -1.22. The second kappa shape index (κ2) is 6.98. The molecule has 1 aromatic carbocycles.